The van der Waals surface area contributed by atoms with Gasteiger partial charge in [-0.1, -0.05) is 5.16 Å². The van der Waals surface area contributed by atoms with Gasteiger partial charge in [-0.15, -0.1) is 11.3 Å². The van der Waals surface area contributed by atoms with Crippen molar-refractivity contribution in [1.82, 2.24) is 15.1 Å². The van der Waals surface area contributed by atoms with Crippen LogP contribution >= 0.6 is 22.7 Å². The van der Waals surface area contributed by atoms with E-state index >= 15 is 0 Å². The zero-order valence-corrected chi connectivity index (χ0v) is 12.8. The summed E-state index contributed by atoms with van der Waals surface area (Å²) in [6.07, 6.45) is 0.692. The van der Waals surface area contributed by atoms with Crippen molar-refractivity contribution in [3.63, 3.8) is 0 Å². The van der Waals surface area contributed by atoms with Crippen LogP contribution in [0.3, 0.4) is 0 Å². The second-order valence-corrected chi connectivity index (χ2v) is 6.00. The average molecular weight is 320 g/mol. The van der Waals surface area contributed by atoms with E-state index in [1.54, 1.807) is 11.3 Å². The van der Waals surface area contributed by atoms with Crippen LogP contribution < -0.4 is 5.32 Å². The number of nitrogens with zero attached hydrogens (tertiary/aromatic N) is 3. The van der Waals surface area contributed by atoms with Crippen molar-refractivity contribution >= 4 is 33.7 Å². The number of nitrogens with one attached hydrogen (secondary N) is 1. The second-order valence-electron chi connectivity index (χ2n) is 4.37. The molecule has 3 aromatic rings. The molecule has 0 aliphatic carbocycles. The van der Waals surface area contributed by atoms with E-state index in [0.717, 1.165) is 11.3 Å². The van der Waals surface area contributed by atoms with Crippen LogP contribution in [0.1, 0.15) is 18.0 Å². The van der Waals surface area contributed by atoms with Crippen molar-refractivity contribution in [2.75, 3.05) is 5.32 Å². The van der Waals surface area contributed by atoms with Crippen LogP contribution in [-0.2, 0) is 11.2 Å². The van der Waals surface area contributed by atoms with Gasteiger partial charge in [-0.05, 0) is 18.4 Å². The van der Waals surface area contributed by atoms with E-state index in [2.05, 4.69) is 20.4 Å². The van der Waals surface area contributed by atoms with Crippen molar-refractivity contribution in [1.29, 1.82) is 0 Å². The number of thiophene rings is 1. The zero-order chi connectivity index (χ0) is 14.7. The van der Waals surface area contributed by atoms with Gasteiger partial charge in [0.05, 0.1) is 5.69 Å². The lowest BCUT2D eigenvalue weighted by Crippen LogP contribution is -2.12. The molecule has 0 atom stereocenters. The molecule has 0 aliphatic rings. The van der Waals surface area contributed by atoms with Gasteiger partial charge in [-0.25, -0.2) is 4.98 Å². The Balaban J connectivity index is 1.54. The maximum Gasteiger partial charge on any atom is 0.227 e. The van der Waals surface area contributed by atoms with E-state index < -0.39 is 0 Å². The Morgan fingerprint density at radius 1 is 1.38 bits per heavy atom. The first-order valence-corrected chi connectivity index (χ1v) is 8.10. The minimum Gasteiger partial charge on any atom is -0.339 e. The van der Waals surface area contributed by atoms with Crippen LogP contribution in [0.2, 0.25) is 0 Å². The molecule has 1 amide bonds. The molecule has 0 saturated heterocycles. The Kier molecular flexibility index (Phi) is 4.07. The van der Waals surface area contributed by atoms with Crippen molar-refractivity contribution in [2.45, 2.75) is 19.8 Å². The molecule has 0 aliphatic heterocycles. The fraction of sp³-hybridized carbons (Fsp3) is 0.231. The molecule has 21 heavy (non-hydrogen) atoms. The van der Waals surface area contributed by atoms with Crippen molar-refractivity contribution in [3.05, 3.63) is 33.8 Å². The van der Waals surface area contributed by atoms with Crippen molar-refractivity contribution < 1.29 is 9.32 Å². The first kappa shape index (κ1) is 13.9. The van der Waals surface area contributed by atoms with Crippen LogP contribution in [0.15, 0.2) is 26.7 Å². The predicted molar refractivity (Wildman–Crippen MR) is 81.4 cm³/mol. The number of hydrogen-bond acceptors (Lipinski definition) is 7. The maximum atomic E-state index is 11.8. The third-order valence-corrected chi connectivity index (χ3v) is 4.24. The molecule has 0 bridgehead atoms. The standard InChI is InChI=1S/C13H12N4O2S2/c1-8-6-21-13(14-8)15-10(18)2-3-11-16-12(17-19-11)9-4-5-20-7-9/h4-7H,2-3H2,1H3,(H,14,15,18). The molecule has 0 radical (unpaired) electrons. The SMILES string of the molecule is Cc1csc(NC(=O)CCc2nc(-c3ccsc3)no2)n1. The van der Waals surface area contributed by atoms with E-state index in [1.165, 1.54) is 11.3 Å². The topological polar surface area (TPSA) is 80.9 Å². The van der Waals surface area contributed by atoms with Crippen LogP contribution in [0.4, 0.5) is 5.13 Å². The summed E-state index contributed by atoms with van der Waals surface area (Å²) in [5, 5.41) is 13.1. The third kappa shape index (κ3) is 3.53. The molecule has 0 spiro atoms. The van der Waals surface area contributed by atoms with Crippen LogP contribution in [0, 0.1) is 6.92 Å². The average Bonchev–Trinajstić information content (AvgIpc) is 3.17. The van der Waals surface area contributed by atoms with Crippen LogP contribution in [0.5, 0.6) is 0 Å². The normalized spacial score (nSPS) is 10.7. The molecule has 108 valence electrons. The molecule has 1 N–H and O–H groups in total. The molecule has 3 heterocycles. The van der Waals surface area contributed by atoms with Crippen LogP contribution in [-0.4, -0.2) is 21.0 Å². The highest BCUT2D eigenvalue weighted by molar-refractivity contribution is 7.13. The molecule has 6 nitrogen and oxygen atoms in total. The van der Waals surface area contributed by atoms with Gasteiger partial charge in [0.2, 0.25) is 17.6 Å². The van der Waals surface area contributed by atoms with E-state index in [9.17, 15) is 4.79 Å². The maximum absolute atomic E-state index is 11.8. The number of carbonyl (C=O) groups excluding carboxylic acids is 1. The van der Waals surface area contributed by atoms with Gasteiger partial charge in [-0.2, -0.15) is 16.3 Å². The summed E-state index contributed by atoms with van der Waals surface area (Å²) < 4.78 is 5.14. The summed E-state index contributed by atoms with van der Waals surface area (Å²) in [6.45, 7) is 1.89. The number of carbonyl (C=O) groups is 1. The summed E-state index contributed by atoms with van der Waals surface area (Å²) in [5.74, 6) is 0.906. The lowest BCUT2D eigenvalue weighted by molar-refractivity contribution is -0.116. The van der Waals surface area contributed by atoms with Gasteiger partial charge in [0.1, 0.15) is 0 Å². The van der Waals surface area contributed by atoms with E-state index in [0.29, 0.717) is 23.3 Å². The highest BCUT2D eigenvalue weighted by atomic mass is 32.1. The van der Waals surface area contributed by atoms with E-state index in [4.69, 9.17) is 4.52 Å². The zero-order valence-electron chi connectivity index (χ0n) is 11.2. The molecular formula is C13H12N4O2S2. The first-order chi connectivity index (χ1) is 10.2. The Labute approximate surface area is 128 Å². The van der Waals surface area contributed by atoms with Crippen molar-refractivity contribution in [3.8, 4) is 11.4 Å². The molecule has 0 saturated carbocycles. The largest absolute Gasteiger partial charge is 0.339 e. The number of amides is 1. The number of rotatable bonds is 5. The predicted octanol–water partition coefficient (Wildman–Crippen LogP) is 3.13. The molecule has 0 fully saturated rings. The monoisotopic (exact) mass is 320 g/mol. The molecule has 3 aromatic heterocycles. The Bertz CT molecular complexity index is 733. The second kappa shape index (κ2) is 6.15. The number of aromatic nitrogens is 3. The van der Waals surface area contributed by atoms with Gasteiger partial charge >= 0.3 is 0 Å². The van der Waals surface area contributed by atoms with Gasteiger partial charge < -0.3 is 9.84 Å². The number of hydrogen-bond donors (Lipinski definition) is 1. The lowest BCUT2D eigenvalue weighted by Gasteiger charge is -1.98. The molecule has 0 aromatic carbocycles. The highest BCUT2D eigenvalue weighted by Crippen LogP contribution is 2.19. The quantitative estimate of drug-likeness (QED) is 0.781. The summed E-state index contributed by atoms with van der Waals surface area (Å²) in [7, 11) is 0. The molecular weight excluding hydrogens is 308 g/mol. The molecule has 8 heteroatoms. The van der Waals surface area contributed by atoms with Gasteiger partial charge in [-0.3, -0.25) is 4.79 Å². The lowest BCUT2D eigenvalue weighted by atomic mass is 10.3. The summed E-state index contributed by atoms with van der Waals surface area (Å²) in [4.78, 5) is 20.2. The van der Waals surface area contributed by atoms with Gasteiger partial charge in [0, 0.05) is 29.2 Å². The molecule has 0 unspecified atom stereocenters. The summed E-state index contributed by atoms with van der Waals surface area (Å²) >= 11 is 2.98. The number of thiazole rings is 1. The van der Waals surface area contributed by atoms with Gasteiger partial charge in [0.25, 0.3) is 0 Å². The Hall–Kier alpha value is -2.06. The Morgan fingerprint density at radius 2 is 2.29 bits per heavy atom. The minimum absolute atomic E-state index is 0.111. The Morgan fingerprint density at radius 3 is 3.00 bits per heavy atom. The van der Waals surface area contributed by atoms with Crippen molar-refractivity contribution in [2.24, 2.45) is 0 Å². The summed E-state index contributed by atoms with van der Waals surface area (Å²) in [6, 6.07) is 1.93. The van der Waals surface area contributed by atoms with Gasteiger partial charge in [0.15, 0.2) is 5.13 Å². The highest BCUT2D eigenvalue weighted by Gasteiger charge is 2.11. The van der Waals surface area contributed by atoms with E-state index in [-0.39, 0.29) is 12.3 Å². The fourth-order valence-electron chi connectivity index (χ4n) is 1.68. The third-order valence-electron chi connectivity index (χ3n) is 2.68. The first-order valence-electron chi connectivity index (χ1n) is 6.28. The smallest absolute Gasteiger partial charge is 0.227 e. The van der Waals surface area contributed by atoms with E-state index in [1.807, 2.05) is 29.1 Å². The van der Waals surface area contributed by atoms with Crippen LogP contribution in [0.25, 0.3) is 11.4 Å². The minimum atomic E-state index is -0.111. The molecule has 3 rings (SSSR count). The fourth-order valence-corrected chi connectivity index (χ4v) is 3.02. The number of anilines is 1. The summed E-state index contributed by atoms with van der Waals surface area (Å²) in [5.41, 5.74) is 1.82. The number of aryl methyl sites for hydroxylation is 2.